The maximum atomic E-state index is 11.6. The van der Waals surface area contributed by atoms with Gasteiger partial charge in [-0.15, -0.1) is 5.06 Å². The normalized spacial score (nSPS) is 9.65. The number of carbonyl (C=O) groups excluding carboxylic acids is 2. The summed E-state index contributed by atoms with van der Waals surface area (Å²) in [5.41, 5.74) is 0.448. The highest BCUT2D eigenvalue weighted by molar-refractivity contribution is 5.98. The van der Waals surface area contributed by atoms with E-state index in [9.17, 15) is 14.8 Å². The molecule has 0 unspecified atom stereocenters. The molecular formula is C14H12N2O4. The molecule has 0 saturated heterocycles. The quantitative estimate of drug-likeness (QED) is 0.650. The third kappa shape index (κ3) is 3.56. The van der Waals surface area contributed by atoms with Crippen molar-refractivity contribution >= 4 is 17.8 Å². The van der Waals surface area contributed by atoms with Gasteiger partial charge >= 0.3 is 12.1 Å². The molecule has 0 aliphatic carbocycles. The number of hydroxylamine groups is 2. The van der Waals surface area contributed by atoms with Gasteiger partial charge in [-0.05, 0) is 24.3 Å². The lowest BCUT2D eigenvalue weighted by Crippen LogP contribution is -2.39. The van der Waals surface area contributed by atoms with Gasteiger partial charge in [0.15, 0.2) is 0 Å². The van der Waals surface area contributed by atoms with Crippen LogP contribution in [0, 0.1) is 0 Å². The topological polar surface area (TPSA) is 78.9 Å². The number of nitrogens with one attached hydrogen (secondary N) is 1. The zero-order chi connectivity index (χ0) is 14.4. The number of para-hydroxylation sites is 2. The van der Waals surface area contributed by atoms with Crippen LogP contribution in [-0.4, -0.2) is 22.4 Å². The number of nitrogens with zero attached hydrogens (tertiary/aromatic N) is 1. The van der Waals surface area contributed by atoms with Gasteiger partial charge in [0.2, 0.25) is 0 Å². The minimum absolute atomic E-state index is 0.125. The number of hydrogen-bond acceptors (Lipinski definition) is 4. The fourth-order valence-electron chi connectivity index (χ4n) is 1.41. The van der Waals surface area contributed by atoms with E-state index in [4.69, 9.17) is 4.74 Å². The Labute approximate surface area is 115 Å². The Kier molecular flexibility index (Phi) is 4.31. The second-order valence-corrected chi connectivity index (χ2v) is 3.79. The highest BCUT2D eigenvalue weighted by atomic mass is 16.6. The van der Waals surface area contributed by atoms with Crippen LogP contribution in [0.15, 0.2) is 60.7 Å². The lowest BCUT2D eigenvalue weighted by molar-refractivity contribution is -0.0154. The molecule has 0 heterocycles. The molecule has 0 aromatic heterocycles. The minimum Gasteiger partial charge on any atom is -0.408 e. The first-order valence-corrected chi connectivity index (χ1v) is 5.79. The molecule has 2 rings (SSSR count). The fraction of sp³-hybridized carbons (Fsp3) is 0. The van der Waals surface area contributed by atoms with Crippen molar-refractivity contribution in [1.82, 2.24) is 5.06 Å². The van der Waals surface area contributed by atoms with Crippen LogP contribution >= 0.6 is 0 Å². The Morgan fingerprint density at radius 3 is 2.10 bits per heavy atom. The zero-order valence-electron chi connectivity index (χ0n) is 10.4. The van der Waals surface area contributed by atoms with Crippen LogP contribution in [-0.2, 0) is 0 Å². The first kappa shape index (κ1) is 13.6. The van der Waals surface area contributed by atoms with E-state index < -0.39 is 12.1 Å². The van der Waals surface area contributed by atoms with Crippen molar-refractivity contribution in [3.63, 3.8) is 0 Å². The number of benzene rings is 2. The second kappa shape index (κ2) is 6.35. The van der Waals surface area contributed by atoms with Crippen molar-refractivity contribution in [3.05, 3.63) is 60.7 Å². The molecule has 102 valence electrons. The van der Waals surface area contributed by atoms with Crippen LogP contribution in [0.4, 0.5) is 15.3 Å². The molecule has 2 aromatic rings. The molecule has 0 aliphatic rings. The average molecular weight is 272 g/mol. The first-order valence-electron chi connectivity index (χ1n) is 5.79. The summed E-state index contributed by atoms with van der Waals surface area (Å²) in [5.74, 6) is 0.226. The summed E-state index contributed by atoms with van der Waals surface area (Å²) in [5, 5.41) is 11.7. The Hall–Kier alpha value is -2.86. The van der Waals surface area contributed by atoms with Gasteiger partial charge in [-0.1, -0.05) is 36.4 Å². The van der Waals surface area contributed by atoms with E-state index >= 15 is 0 Å². The van der Waals surface area contributed by atoms with Crippen LogP contribution in [0.5, 0.6) is 5.75 Å². The van der Waals surface area contributed by atoms with Crippen molar-refractivity contribution < 1.29 is 19.5 Å². The molecule has 6 nitrogen and oxygen atoms in total. The van der Waals surface area contributed by atoms with E-state index in [0.717, 1.165) is 0 Å². The number of amides is 3. The Balaban J connectivity index is 1.95. The molecule has 2 N–H and O–H groups in total. The monoisotopic (exact) mass is 272 g/mol. The van der Waals surface area contributed by atoms with Gasteiger partial charge in [0.05, 0.1) is 0 Å². The van der Waals surface area contributed by atoms with Crippen molar-refractivity contribution in [2.24, 2.45) is 0 Å². The summed E-state index contributed by atoms with van der Waals surface area (Å²) in [6.07, 6.45) is -1.19. The molecule has 0 atom stereocenters. The molecule has 0 fully saturated rings. The Morgan fingerprint density at radius 2 is 1.50 bits per heavy atom. The summed E-state index contributed by atoms with van der Waals surface area (Å²) < 4.78 is 4.81. The van der Waals surface area contributed by atoms with Crippen molar-refractivity contribution in [2.45, 2.75) is 0 Å². The minimum atomic E-state index is -1.19. The maximum Gasteiger partial charge on any atom is 0.448 e. The van der Waals surface area contributed by atoms with E-state index in [1.165, 1.54) is 12.1 Å². The molecular weight excluding hydrogens is 260 g/mol. The van der Waals surface area contributed by atoms with Crippen LogP contribution in [0.1, 0.15) is 0 Å². The van der Waals surface area contributed by atoms with Gasteiger partial charge in [0, 0.05) is 5.69 Å². The number of ether oxygens (including phenoxy) is 1. The summed E-state index contributed by atoms with van der Waals surface area (Å²) >= 11 is 0. The van der Waals surface area contributed by atoms with Crippen LogP contribution < -0.4 is 10.1 Å². The summed E-state index contributed by atoms with van der Waals surface area (Å²) in [6.45, 7) is 0. The van der Waals surface area contributed by atoms with Crippen molar-refractivity contribution in [2.75, 3.05) is 5.32 Å². The third-order valence-electron chi connectivity index (χ3n) is 2.34. The number of imide groups is 1. The molecule has 6 heteroatoms. The molecule has 3 amide bonds. The molecule has 20 heavy (non-hydrogen) atoms. The van der Waals surface area contributed by atoms with E-state index in [1.54, 1.807) is 48.5 Å². The lowest BCUT2D eigenvalue weighted by Gasteiger charge is -2.13. The zero-order valence-corrected chi connectivity index (χ0v) is 10.4. The summed E-state index contributed by atoms with van der Waals surface area (Å²) in [7, 11) is 0. The highest BCUT2D eigenvalue weighted by Gasteiger charge is 2.21. The molecule has 0 spiro atoms. The SMILES string of the molecule is O=C(Nc1ccccc1)N(O)C(=O)Oc1ccccc1. The predicted molar refractivity (Wildman–Crippen MR) is 71.6 cm³/mol. The van der Waals surface area contributed by atoms with Crippen LogP contribution in [0.3, 0.4) is 0 Å². The number of anilines is 1. The molecule has 0 radical (unpaired) electrons. The second-order valence-electron chi connectivity index (χ2n) is 3.79. The predicted octanol–water partition coefficient (Wildman–Crippen LogP) is 3.11. The van der Waals surface area contributed by atoms with Crippen molar-refractivity contribution in [1.29, 1.82) is 0 Å². The first-order chi connectivity index (χ1) is 9.66. The van der Waals surface area contributed by atoms with Crippen molar-refractivity contribution in [3.8, 4) is 5.75 Å². The van der Waals surface area contributed by atoms with E-state index in [2.05, 4.69) is 5.32 Å². The molecule has 0 aliphatic heterocycles. The molecule has 2 aromatic carbocycles. The molecule has 0 bridgehead atoms. The number of rotatable bonds is 2. The molecule has 0 saturated carbocycles. The van der Waals surface area contributed by atoms with Gasteiger partial charge < -0.3 is 10.1 Å². The Bertz CT molecular complexity index is 533. The number of carbonyl (C=O) groups is 2. The maximum absolute atomic E-state index is 11.6. The number of hydrogen-bond donors (Lipinski definition) is 2. The van der Waals surface area contributed by atoms with Gasteiger partial charge in [-0.2, -0.15) is 0 Å². The highest BCUT2D eigenvalue weighted by Crippen LogP contribution is 2.11. The average Bonchev–Trinajstić information content (AvgIpc) is 2.48. The van der Waals surface area contributed by atoms with E-state index in [1.807, 2.05) is 0 Å². The largest absolute Gasteiger partial charge is 0.448 e. The van der Waals surface area contributed by atoms with Gasteiger partial charge in [-0.3, -0.25) is 5.21 Å². The van der Waals surface area contributed by atoms with E-state index in [-0.39, 0.29) is 10.8 Å². The Morgan fingerprint density at radius 1 is 0.950 bits per heavy atom. The fourth-order valence-corrected chi connectivity index (χ4v) is 1.41. The van der Waals surface area contributed by atoms with Gasteiger partial charge in [-0.25, -0.2) is 9.59 Å². The van der Waals surface area contributed by atoms with Crippen LogP contribution in [0.25, 0.3) is 0 Å². The van der Waals surface area contributed by atoms with Crippen LogP contribution in [0.2, 0.25) is 0 Å². The summed E-state index contributed by atoms with van der Waals surface area (Å²) in [6, 6.07) is 15.6. The standard InChI is InChI=1S/C14H12N2O4/c17-13(15-11-7-3-1-4-8-11)16(19)14(18)20-12-9-5-2-6-10-12/h1-10,19H,(H,15,17). The third-order valence-corrected chi connectivity index (χ3v) is 2.34. The summed E-state index contributed by atoms with van der Waals surface area (Å²) in [4.78, 5) is 23.1. The van der Waals surface area contributed by atoms with Gasteiger partial charge in [0.25, 0.3) is 0 Å². The lowest BCUT2D eigenvalue weighted by atomic mass is 10.3. The smallest absolute Gasteiger partial charge is 0.408 e. The number of urea groups is 1. The van der Waals surface area contributed by atoms with Gasteiger partial charge in [0.1, 0.15) is 5.75 Å². The van der Waals surface area contributed by atoms with E-state index in [0.29, 0.717) is 5.69 Å².